The summed E-state index contributed by atoms with van der Waals surface area (Å²) in [6.45, 7) is 2.32. The average Bonchev–Trinajstić information content (AvgIpc) is 3.38. The van der Waals surface area contributed by atoms with Crippen LogP contribution in [0.4, 0.5) is 11.4 Å². The number of anilines is 2. The van der Waals surface area contributed by atoms with Crippen LogP contribution in [0, 0.1) is 6.92 Å². The van der Waals surface area contributed by atoms with Crippen molar-refractivity contribution in [3.05, 3.63) is 124 Å². The maximum Gasteiger partial charge on any atom is 0.267 e. The van der Waals surface area contributed by atoms with Gasteiger partial charge in [0.15, 0.2) is 11.5 Å². The molecule has 0 aliphatic heterocycles. The Morgan fingerprint density at radius 3 is 2.37 bits per heavy atom. The second-order valence-corrected chi connectivity index (χ2v) is 11.4. The molecule has 0 aliphatic rings. The third-order valence-electron chi connectivity index (χ3n) is 7.12. The molecule has 0 unspecified atom stereocenters. The van der Waals surface area contributed by atoms with Crippen molar-refractivity contribution in [2.45, 2.75) is 13.5 Å². The zero-order chi connectivity index (χ0) is 29.9. The van der Waals surface area contributed by atoms with Crippen molar-refractivity contribution in [2.75, 3.05) is 18.2 Å². The maximum atomic E-state index is 13.4. The molecule has 0 aliphatic carbocycles. The third-order valence-corrected chi connectivity index (χ3v) is 8.62. The topological polar surface area (TPSA) is 86.5 Å². The van der Waals surface area contributed by atoms with E-state index in [4.69, 9.17) is 31.8 Å². The molecule has 0 saturated carbocycles. The number of halogens is 1. The van der Waals surface area contributed by atoms with Gasteiger partial charge in [0.2, 0.25) is 0 Å². The molecule has 1 amide bonds. The monoisotopic (exact) mass is 605 g/mol. The van der Waals surface area contributed by atoms with Crippen LogP contribution in [0.1, 0.15) is 20.8 Å². The second-order valence-electron chi connectivity index (χ2n) is 10.0. The van der Waals surface area contributed by atoms with Gasteiger partial charge in [-0.25, -0.2) is 4.98 Å². The van der Waals surface area contributed by atoms with Crippen LogP contribution in [-0.2, 0) is 6.61 Å². The van der Waals surface area contributed by atoms with Gasteiger partial charge in [-0.05, 0) is 59.5 Å². The van der Waals surface area contributed by atoms with E-state index in [0.29, 0.717) is 49.6 Å². The molecule has 6 nitrogen and oxygen atoms in total. The van der Waals surface area contributed by atoms with Crippen LogP contribution in [0.2, 0.25) is 5.02 Å². The SMILES string of the molecule is COc1cc(-c2cc(-c3ccccc3)nc3sc(C(=O)Nc4ccc(C)c(Cl)c4)c(N)c23)ccc1OCc1ccccc1. The summed E-state index contributed by atoms with van der Waals surface area (Å²) >= 11 is 7.55. The van der Waals surface area contributed by atoms with Crippen LogP contribution >= 0.6 is 22.9 Å². The highest BCUT2D eigenvalue weighted by Crippen LogP contribution is 2.43. The van der Waals surface area contributed by atoms with Gasteiger partial charge in [0.1, 0.15) is 16.3 Å². The summed E-state index contributed by atoms with van der Waals surface area (Å²) in [6, 6.07) is 33.1. The first-order valence-electron chi connectivity index (χ1n) is 13.6. The number of nitrogens with zero attached hydrogens (tertiary/aromatic N) is 1. The Hall–Kier alpha value is -4.85. The number of hydrogen-bond acceptors (Lipinski definition) is 6. The van der Waals surface area contributed by atoms with E-state index in [-0.39, 0.29) is 5.91 Å². The molecule has 43 heavy (non-hydrogen) atoms. The Bertz CT molecular complexity index is 1940. The molecule has 4 aromatic carbocycles. The molecule has 0 atom stereocenters. The van der Waals surface area contributed by atoms with Crippen molar-refractivity contribution >= 4 is 50.4 Å². The summed E-state index contributed by atoms with van der Waals surface area (Å²) in [5, 5.41) is 4.21. The van der Waals surface area contributed by atoms with Crippen LogP contribution < -0.4 is 20.5 Å². The third kappa shape index (κ3) is 5.91. The number of hydrogen-bond donors (Lipinski definition) is 2. The first-order valence-corrected chi connectivity index (χ1v) is 14.8. The summed E-state index contributed by atoms with van der Waals surface area (Å²) in [5.41, 5.74) is 13.1. The van der Waals surface area contributed by atoms with Gasteiger partial charge >= 0.3 is 0 Å². The van der Waals surface area contributed by atoms with Crippen molar-refractivity contribution in [3.8, 4) is 33.9 Å². The van der Waals surface area contributed by atoms with Crippen molar-refractivity contribution in [1.82, 2.24) is 4.98 Å². The Kier molecular flexibility index (Phi) is 8.01. The van der Waals surface area contributed by atoms with Crippen molar-refractivity contribution in [3.63, 3.8) is 0 Å². The number of nitrogens with two attached hydrogens (primary N) is 1. The summed E-state index contributed by atoms with van der Waals surface area (Å²) in [6.07, 6.45) is 0. The molecule has 214 valence electrons. The Labute approximate surface area is 258 Å². The fraction of sp³-hybridized carbons (Fsp3) is 0.0857. The zero-order valence-corrected chi connectivity index (χ0v) is 25.1. The van der Waals surface area contributed by atoms with E-state index in [1.807, 2.05) is 104 Å². The predicted octanol–water partition coefficient (Wildman–Crippen LogP) is 9.01. The molecule has 2 heterocycles. The largest absolute Gasteiger partial charge is 0.493 e. The number of nitrogens with one attached hydrogen (secondary N) is 1. The number of carbonyl (C=O) groups is 1. The van der Waals surface area contributed by atoms with Gasteiger partial charge in [-0.3, -0.25) is 4.79 Å². The number of benzene rings is 4. The van der Waals surface area contributed by atoms with E-state index >= 15 is 0 Å². The van der Waals surface area contributed by atoms with E-state index in [0.717, 1.165) is 33.5 Å². The molecule has 8 heteroatoms. The summed E-state index contributed by atoms with van der Waals surface area (Å²) in [4.78, 5) is 19.4. The standard InChI is InChI=1S/C35H28ClN3O3S/c1-21-13-15-25(18-27(21)36)38-34(40)33-32(37)31-26(19-28(39-35(31)43-33)23-11-7-4-8-12-23)24-14-16-29(30(17-24)41-2)42-20-22-9-5-3-6-10-22/h3-19H,20,37H2,1-2H3,(H,38,40). The highest BCUT2D eigenvalue weighted by Gasteiger charge is 2.23. The molecule has 6 rings (SSSR count). The number of aryl methyl sites for hydroxylation is 1. The minimum absolute atomic E-state index is 0.324. The van der Waals surface area contributed by atoms with E-state index in [1.54, 1.807) is 13.2 Å². The van der Waals surface area contributed by atoms with E-state index in [2.05, 4.69) is 5.32 Å². The molecular weight excluding hydrogens is 578 g/mol. The lowest BCUT2D eigenvalue weighted by atomic mass is 9.99. The number of fused-ring (bicyclic) bond motifs is 1. The quantitative estimate of drug-likeness (QED) is 0.181. The smallest absolute Gasteiger partial charge is 0.267 e. The minimum atomic E-state index is -0.324. The van der Waals surface area contributed by atoms with Gasteiger partial charge < -0.3 is 20.5 Å². The van der Waals surface area contributed by atoms with E-state index in [1.165, 1.54) is 11.3 Å². The van der Waals surface area contributed by atoms with Crippen LogP contribution in [0.5, 0.6) is 11.5 Å². The molecule has 2 aromatic heterocycles. The van der Waals surface area contributed by atoms with Gasteiger partial charge in [-0.1, -0.05) is 84.4 Å². The van der Waals surface area contributed by atoms with Crippen molar-refractivity contribution in [1.29, 1.82) is 0 Å². The number of ether oxygens (including phenoxy) is 2. The molecule has 0 spiro atoms. The number of thiophene rings is 1. The zero-order valence-electron chi connectivity index (χ0n) is 23.6. The predicted molar refractivity (Wildman–Crippen MR) is 176 cm³/mol. The highest BCUT2D eigenvalue weighted by molar-refractivity contribution is 7.21. The molecule has 3 N–H and O–H groups in total. The van der Waals surface area contributed by atoms with Gasteiger partial charge in [0.05, 0.1) is 18.5 Å². The second kappa shape index (κ2) is 12.2. The lowest BCUT2D eigenvalue weighted by molar-refractivity contribution is 0.103. The summed E-state index contributed by atoms with van der Waals surface area (Å²) in [7, 11) is 1.62. The average molecular weight is 606 g/mol. The Morgan fingerprint density at radius 2 is 1.65 bits per heavy atom. The fourth-order valence-corrected chi connectivity index (χ4v) is 6.02. The van der Waals surface area contributed by atoms with Gasteiger partial charge in [0, 0.05) is 21.7 Å². The number of methoxy groups -OCH3 is 1. The molecule has 0 bridgehead atoms. The van der Waals surface area contributed by atoms with Crippen LogP contribution in [0.25, 0.3) is 32.6 Å². The number of aromatic nitrogens is 1. The van der Waals surface area contributed by atoms with Gasteiger partial charge in [0.25, 0.3) is 5.91 Å². The van der Waals surface area contributed by atoms with E-state index < -0.39 is 0 Å². The number of amides is 1. The van der Waals surface area contributed by atoms with Crippen LogP contribution in [-0.4, -0.2) is 18.0 Å². The molecule has 6 aromatic rings. The summed E-state index contributed by atoms with van der Waals surface area (Å²) < 4.78 is 11.8. The van der Waals surface area contributed by atoms with Crippen molar-refractivity contribution < 1.29 is 14.3 Å². The van der Waals surface area contributed by atoms with Crippen molar-refractivity contribution in [2.24, 2.45) is 0 Å². The molecule has 0 fully saturated rings. The fourth-order valence-electron chi connectivity index (χ4n) is 4.82. The first-order chi connectivity index (χ1) is 20.9. The number of carbonyl (C=O) groups excluding carboxylic acids is 1. The lowest BCUT2D eigenvalue weighted by Gasteiger charge is -2.14. The normalized spacial score (nSPS) is 11.0. The number of pyridine rings is 1. The summed E-state index contributed by atoms with van der Waals surface area (Å²) in [5.74, 6) is 0.886. The molecule has 0 saturated heterocycles. The molecular formula is C35H28ClN3O3S. The van der Waals surface area contributed by atoms with Gasteiger partial charge in [-0.2, -0.15) is 0 Å². The van der Waals surface area contributed by atoms with E-state index in [9.17, 15) is 4.79 Å². The highest BCUT2D eigenvalue weighted by atomic mass is 35.5. The Morgan fingerprint density at radius 1 is 0.907 bits per heavy atom. The lowest BCUT2D eigenvalue weighted by Crippen LogP contribution is -2.12. The number of nitrogen functional groups attached to an aromatic ring is 1. The minimum Gasteiger partial charge on any atom is -0.493 e. The van der Waals surface area contributed by atoms with Crippen LogP contribution in [0.15, 0.2) is 103 Å². The number of rotatable bonds is 8. The van der Waals surface area contributed by atoms with Gasteiger partial charge in [-0.15, -0.1) is 11.3 Å². The maximum absolute atomic E-state index is 13.4. The molecule has 0 radical (unpaired) electrons. The first kappa shape index (κ1) is 28.3. The Balaban J connectivity index is 1.43. The van der Waals surface area contributed by atoms with Crippen LogP contribution in [0.3, 0.4) is 0 Å².